The van der Waals surface area contributed by atoms with Gasteiger partial charge < -0.3 is 5.73 Å². The number of aryl methyl sites for hydroxylation is 1. The summed E-state index contributed by atoms with van der Waals surface area (Å²) in [5.41, 5.74) is 7.72. The van der Waals surface area contributed by atoms with Crippen molar-refractivity contribution in [3.05, 3.63) is 52.2 Å². The predicted octanol–water partition coefficient (Wildman–Crippen LogP) is 2.59. The van der Waals surface area contributed by atoms with E-state index in [1.54, 1.807) is 6.07 Å². The Balaban J connectivity index is 2.04. The van der Waals surface area contributed by atoms with Gasteiger partial charge in [0.25, 0.3) is 5.91 Å². The molecular formula is C14H12N4OS. The Morgan fingerprint density at radius 1 is 1.25 bits per heavy atom. The molecule has 0 aliphatic heterocycles. The first-order chi connectivity index (χ1) is 9.66. The highest BCUT2D eigenvalue weighted by Crippen LogP contribution is 2.21. The quantitative estimate of drug-likeness (QED) is 0.785. The van der Waals surface area contributed by atoms with E-state index < -0.39 is 0 Å². The van der Waals surface area contributed by atoms with E-state index in [9.17, 15) is 4.79 Å². The van der Waals surface area contributed by atoms with Crippen LogP contribution in [-0.2, 0) is 0 Å². The number of nitrogen functional groups attached to an aromatic ring is 1. The summed E-state index contributed by atoms with van der Waals surface area (Å²) >= 11 is 1.35. The van der Waals surface area contributed by atoms with Crippen LogP contribution < -0.4 is 5.73 Å². The van der Waals surface area contributed by atoms with E-state index in [2.05, 4.69) is 10.1 Å². The molecular weight excluding hydrogens is 272 g/mol. The molecule has 0 amide bonds. The molecule has 0 fully saturated rings. The minimum absolute atomic E-state index is 0.0988. The third kappa shape index (κ3) is 2.10. The number of anilines is 1. The number of hydrogen-bond acceptors (Lipinski definition) is 5. The second kappa shape index (κ2) is 4.90. The minimum atomic E-state index is -0.259. The van der Waals surface area contributed by atoms with Gasteiger partial charge in [0.15, 0.2) is 5.82 Å². The summed E-state index contributed by atoms with van der Waals surface area (Å²) in [6.45, 7) is 1.97. The summed E-state index contributed by atoms with van der Waals surface area (Å²) in [5, 5.41) is 6.07. The molecule has 0 aliphatic rings. The fourth-order valence-corrected chi connectivity index (χ4v) is 2.56. The largest absolute Gasteiger partial charge is 0.368 e. The number of nitrogens with two attached hydrogens (primary N) is 1. The van der Waals surface area contributed by atoms with Crippen LogP contribution in [0.2, 0.25) is 0 Å². The molecule has 2 N–H and O–H groups in total. The van der Waals surface area contributed by atoms with Gasteiger partial charge in [-0.2, -0.15) is 9.67 Å². The van der Waals surface area contributed by atoms with Gasteiger partial charge in [-0.25, -0.2) is 0 Å². The van der Waals surface area contributed by atoms with Gasteiger partial charge in [0.2, 0.25) is 5.95 Å². The summed E-state index contributed by atoms with van der Waals surface area (Å²) in [7, 11) is 0. The summed E-state index contributed by atoms with van der Waals surface area (Å²) < 4.78 is 1.15. The van der Waals surface area contributed by atoms with Gasteiger partial charge in [-0.1, -0.05) is 30.3 Å². The highest BCUT2D eigenvalue weighted by Gasteiger charge is 2.17. The van der Waals surface area contributed by atoms with E-state index in [0.29, 0.717) is 10.7 Å². The SMILES string of the molecule is Cc1ccccc1-c1nc(N)n(C(=O)c2cccs2)n1. The molecule has 6 heteroatoms. The molecule has 5 nitrogen and oxygen atoms in total. The van der Waals surface area contributed by atoms with Gasteiger partial charge >= 0.3 is 0 Å². The summed E-state index contributed by atoms with van der Waals surface area (Å²) in [4.78, 5) is 17.0. The molecule has 0 spiro atoms. The number of hydrogen-bond donors (Lipinski definition) is 1. The number of aromatic nitrogens is 3. The normalized spacial score (nSPS) is 10.7. The van der Waals surface area contributed by atoms with Crippen molar-refractivity contribution < 1.29 is 4.79 Å². The third-order valence-electron chi connectivity index (χ3n) is 2.94. The van der Waals surface area contributed by atoms with Gasteiger partial charge in [0.05, 0.1) is 4.88 Å². The van der Waals surface area contributed by atoms with Crippen LogP contribution >= 0.6 is 11.3 Å². The monoisotopic (exact) mass is 284 g/mol. The van der Waals surface area contributed by atoms with Crippen LogP contribution in [0.5, 0.6) is 0 Å². The third-order valence-corrected chi connectivity index (χ3v) is 3.80. The molecule has 2 aromatic heterocycles. The molecule has 100 valence electrons. The van der Waals surface area contributed by atoms with Crippen molar-refractivity contribution in [2.75, 3.05) is 5.73 Å². The Morgan fingerprint density at radius 3 is 2.75 bits per heavy atom. The van der Waals surface area contributed by atoms with E-state index in [0.717, 1.165) is 15.8 Å². The van der Waals surface area contributed by atoms with Crippen molar-refractivity contribution in [1.29, 1.82) is 0 Å². The van der Waals surface area contributed by atoms with Gasteiger partial charge in [0, 0.05) is 5.56 Å². The Morgan fingerprint density at radius 2 is 2.05 bits per heavy atom. The lowest BCUT2D eigenvalue weighted by molar-refractivity contribution is 0.0952. The lowest BCUT2D eigenvalue weighted by Gasteiger charge is -1.99. The second-order valence-corrected chi connectivity index (χ2v) is 5.25. The van der Waals surface area contributed by atoms with Crippen molar-refractivity contribution in [2.45, 2.75) is 6.92 Å². The average Bonchev–Trinajstić information content (AvgIpc) is 3.08. The zero-order valence-electron chi connectivity index (χ0n) is 10.8. The van der Waals surface area contributed by atoms with Crippen LogP contribution in [0.25, 0.3) is 11.4 Å². The van der Waals surface area contributed by atoms with Gasteiger partial charge in [-0.3, -0.25) is 4.79 Å². The molecule has 0 bridgehead atoms. The molecule has 0 radical (unpaired) electrons. The van der Waals surface area contributed by atoms with Crippen molar-refractivity contribution in [2.24, 2.45) is 0 Å². The number of nitrogens with zero attached hydrogens (tertiary/aromatic N) is 3. The minimum Gasteiger partial charge on any atom is -0.368 e. The fraction of sp³-hybridized carbons (Fsp3) is 0.0714. The fourth-order valence-electron chi connectivity index (χ4n) is 1.92. The maximum absolute atomic E-state index is 12.2. The molecule has 0 atom stereocenters. The molecule has 3 rings (SSSR count). The van der Waals surface area contributed by atoms with Crippen LogP contribution in [0, 0.1) is 6.92 Å². The van der Waals surface area contributed by atoms with Crippen LogP contribution in [0.15, 0.2) is 41.8 Å². The topological polar surface area (TPSA) is 73.8 Å². The van der Waals surface area contributed by atoms with Crippen LogP contribution in [-0.4, -0.2) is 20.7 Å². The standard InChI is InChI=1S/C14H12N4OS/c1-9-5-2-3-6-10(9)12-16-14(15)18(17-12)13(19)11-7-4-8-20-11/h2-8H,1H3,(H2,15,16,17). The number of benzene rings is 1. The zero-order valence-corrected chi connectivity index (χ0v) is 11.6. The van der Waals surface area contributed by atoms with Crippen molar-refractivity contribution >= 4 is 23.2 Å². The van der Waals surface area contributed by atoms with Gasteiger partial charge in [-0.05, 0) is 23.9 Å². The van der Waals surface area contributed by atoms with E-state index in [-0.39, 0.29) is 11.9 Å². The highest BCUT2D eigenvalue weighted by molar-refractivity contribution is 7.12. The highest BCUT2D eigenvalue weighted by atomic mass is 32.1. The molecule has 1 aromatic carbocycles. The van der Waals surface area contributed by atoms with E-state index in [4.69, 9.17) is 5.73 Å². The van der Waals surface area contributed by atoms with E-state index in [1.165, 1.54) is 11.3 Å². The predicted molar refractivity (Wildman–Crippen MR) is 78.7 cm³/mol. The van der Waals surface area contributed by atoms with Gasteiger partial charge in [-0.15, -0.1) is 16.4 Å². The lowest BCUT2D eigenvalue weighted by Crippen LogP contribution is -2.15. The first-order valence-electron chi connectivity index (χ1n) is 6.03. The summed E-state index contributed by atoms with van der Waals surface area (Å²) in [6.07, 6.45) is 0. The summed E-state index contributed by atoms with van der Waals surface area (Å²) in [5.74, 6) is 0.303. The number of carbonyl (C=O) groups is 1. The molecule has 20 heavy (non-hydrogen) atoms. The Hall–Kier alpha value is -2.47. The van der Waals surface area contributed by atoms with Crippen molar-refractivity contribution in [3.63, 3.8) is 0 Å². The molecule has 0 unspecified atom stereocenters. The molecule has 2 heterocycles. The molecule has 0 aliphatic carbocycles. The molecule has 0 saturated carbocycles. The van der Waals surface area contributed by atoms with E-state index in [1.807, 2.05) is 42.6 Å². The van der Waals surface area contributed by atoms with Crippen LogP contribution in [0.4, 0.5) is 5.95 Å². The summed E-state index contributed by atoms with van der Waals surface area (Å²) in [6, 6.07) is 11.3. The Labute approximate surface area is 119 Å². The van der Waals surface area contributed by atoms with E-state index >= 15 is 0 Å². The number of thiophene rings is 1. The van der Waals surface area contributed by atoms with Crippen molar-refractivity contribution in [3.8, 4) is 11.4 Å². The smallest absolute Gasteiger partial charge is 0.291 e. The first-order valence-corrected chi connectivity index (χ1v) is 6.91. The maximum Gasteiger partial charge on any atom is 0.291 e. The maximum atomic E-state index is 12.2. The Bertz CT molecular complexity index is 761. The van der Waals surface area contributed by atoms with Crippen molar-refractivity contribution in [1.82, 2.24) is 14.8 Å². The number of rotatable bonds is 2. The lowest BCUT2D eigenvalue weighted by atomic mass is 10.1. The average molecular weight is 284 g/mol. The number of carbonyl (C=O) groups excluding carboxylic acids is 1. The van der Waals surface area contributed by atoms with Crippen LogP contribution in [0.3, 0.4) is 0 Å². The molecule has 3 aromatic rings. The van der Waals surface area contributed by atoms with Crippen LogP contribution in [0.1, 0.15) is 15.2 Å². The van der Waals surface area contributed by atoms with Gasteiger partial charge in [0.1, 0.15) is 0 Å². The Kier molecular flexibility index (Phi) is 3.08. The molecule has 0 saturated heterocycles. The second-order valence-electron chi connectivity index (χ2n) is 4.30. The zero-order chi connectivity index (χ0) is 14.1. The first kappa shape index (κ1) is 12.6.